The number of rotatable bonds is 2. The molecule has 0 unspecified atom stereocenters. The van der Waals surface area contributed by atoms with Crippen molar-refractivity contribution in [1.29, 1.82) is 5.26 Å². The minimum Gasteiger partial charge on any atom is -0.395 e. The first-order chi connectivity index (χ1) is 8.20. The van der Waals surface area contributed by atoms with E-state index in [4.69, 9.17) is 11.0 Å². The maximum absolute atomic E-state index is 13.0. The van der Waals surface area contributed by atoms with Crippen LogP contribution >= 0.6 is 0 Å². The average Bonchev–Trinajstić information content (AvgIpc) is 2.32. The fraction of sp³-hybridized carbons (Fsp3) is 0. The molecule has 0 saturated heterocycles. The maximum atomic E-state index is 13.0. The highest BCUT2D eigenvalue weighted by Gasteiger charge is 2.06. The topological polar surface area (TPSA) is 74.7 Å². The van der Waals surface area contributed by atoms with Crippen molar-refractivity contribution in [2.75, 3.05) is 11.1 Å². The summed E-state index contributed by atoms with van der Waals surface area (Å²) in [6.07, 6.45) is 1.47. The third-order valence-electron chi connectivity index (χ3n) is 2.20. The Balaban J connectivity index is 2.34. The van der Waals surface area contributed by atoms with Crippen molar-refractivity contribution in [1.82, 2.24) is 4.98 Å². The Hall–Kier alpha value is -2.61. The number of nitrogens with two attached hydrogens (primary N) is 1. The van der Waals surface area contributed by atoms with Crippen LogP contribution in [-0.4, -0.2) is 4.98 Å². The highest BCUT2D eigenvalue weighted by atomic mass is 19.1. The van der Waals surface area contributed by atoms with Crippen molar-refractivity contribution < 1.29 is 4.39 Å². The fourth-order valence-corrected chi connectivity index (χ4v) is 1.37. The normalized spacial score (nSPS) is 9.65. The molecule has 84 valence electrons. The molecule has 4 nitrogen and oxygen atoms in total. The zero-order valence-electron chi connectivity index (χ0n) is 8.81. The number of nitrogens with one attached hydrogen (secondary N) is 1. The first kappa shape index (κ1) is 10.9. The second-order valence-corrected chi connectivity index (χ2v) is 3.37. The van der Waals surface area contributed by atoms with E-state index in [1.807, 2.05) is 6.07 Å². The van der Waals surface area contributed by atoms with Gasteiger partial charge in [0.2, 0.25) is 0 Å². The third kappa shape index (κ3) is 2.32. The summed E-state index contributed by atoms with van der Waals surface area (Å²) >= 11 is 0. The molecule has 5 heteroatoms. The number of aromatic nitrogens is 1. The Bertz CT molecular complexity index is 589. The molecule has 1 aromatic heterocycles. The van der Waals surface area contributed by atoms with Crippen molar-refractivity contribution >= 4 is 17.2 Å². The van der Waals surface area contributed by atoms with Gasteiger partial charge in [-0.15, -0.1) is 0 Å². The van der Waals surface area contributed by atoms with Gasteiger partial charge in [-0.25, -0.2) is 9.37 Å². The summed E-state index contributed by atoms with van der Waals surface area (Å²) in [7, 11) is 0. The van der Waals surface area contributed by atoms with E-state index < -0.39 is 0 Å². The van der Waals surface area contributed by atoms with E-state index in [0.717, 1.165) is 0 Å². The molecule has 0 aliphatic rings. The zero-order chi connectivity index (χ0) is 12.3. The van der Waals surface area contributed by atoms with Gasteiger partial charge in [-0.2, -0.15) is 5.26 Å². The van der Waals surface area contributed by atoms with Gasteiger partial charge < -0.3 is 11.1 Å². The Morgan fingerprint density at radius 1 is 1.35 bits per heavy atom. The van der Waals surface area contributed by atoms with Gasteiger partial charge in [0.25, 0.3) is 0 Å². The Kier molecular flexibility index (Phi) is 2.88. The Labute approximate surface area is 97.5 Å². The van der Waals surface area contributed by atoms with Crippen molar-refractivity contribution in [3.05, 3.63) is 47.9 Å². The minimum atomic E-state index is -0.356. The molecule has 0 amide bonds. The molecule has 1 heterocycles. The lowest BCUT2D eigenvalue weighted by Crippen LogP contribution is -2.01. The van der Waals surface area contributed by atoms with Crippen LogP contribution in [0.25, 0.3) is 0 Å². The maximum Gasteiger partial charge on any atom is 0.154 e. The summed E-state index contributed by atoms with van der Waals surface area (Å²) in [5, 5.41) is 11.7. The van der Waals surface area contributed by atoms with E-state index in [-0.39, 0.29) is 11.5 Å². The SMILES string of the molecule is N#Cc1ccnc(Nc2cccc(F)c2)c1N. The highest BCUT2D eigenvalue weighted by Crippen LogP contribution is 2.23. The lowest BCUT2D eigenvalue weighted by atomic mass is 10.2. The Morgan fingerprint density at radius 3 is 2.88 bits per heavy atom. The largest absolute Gasteiger partial charge is 0.395 e. The minimum absolute atomic E-state index is 0.249. The first-order valence-electron chi connectivity index (χ1n) is 4.88. The molecule has 0 bridgehead atoms. The smallest absolute Gasteiger partial charge is 0.154 e. The summed E-state index contributed by atoms with van der Waals surface area (Å²) < 4.78 is 13.0. The van der Waals surface area contributed by atoms with E-state index in [2.05, 4.69) is 10.3 Å². The van der Waals surface area contributed by atoms with Crippen molar-refractivity contribution in [2.24, 2.45) is 0 Å². The number of nitriles is 1. The average molecular weight is 228 g/mol. The molecule has 0 aliphatic carbocycles. The van der Waals surface area contributed by atoms with Gasteiger partial charge in [0, 0.05) is 11.9 Å². The van der Waals surface area contributed by atoms with E-state index >= 15 is 0 Å². The highest BCUT2D eigenvalue weighted by molar-refractivity contribution is 5.73. The van der Waals surface area contributed by atoms with Crippen LogP contribution < -0.4 is 11.1 Å². The van der Waals surface area contributed by atoms with Crippen LogP contribution in [-0.2, 0) is 0 Å². The van der Waals surface area contributed by atoms with Crippen LogP contribution in [0, 0.1) is 17.1 Å². The van der Waals surface area contributed by atoms with Crippen molar-refractivity contribution in [2.45, 2.75) is 0 Å². The molecule has 2 rings (SSSR count). The zero-order valence-corrected chi connectivity index (χ0v) is 8.81. The van der Waals surface area contributed by atoms with Crippen LogP contribution in [0.3, 0.4) is 0 Å². The van der Waals surface area contributed by atoms with E-state index in [1.54, 1.807) is 12.1 Å². The van der Waals surface area contributed by atoms with Gasteiger partial charge in [0.1, 0.15) is 11.9 Å². The van der Waals surface area contributed by atoms with Gasteiger partial charge in [0.15, 0.2) is 5.82 Å². The van der Waals surface area contributed by atoms with Gasteiger partial charge >= 0.3 is 0 Å². The van der Waals surface area contributed by atoms with E-state index in [0.29, 0.717) is 17.1 Å². The predicted octanol–water partition coefficient (Wildman–Crippen LogP) is 2.42. The summed E-state index contributed by atoms with van der Waals surface area (Å²) in [6, 6.07) is 9.39. The Morgan fingerprint density at radius 2 is 2.18 bits per heavy atom. The number of nitrogen functional groups attached to an aromatic ring is 1. The summed E-state index contributed by atoms with van der Waals surface area (Å²) in [6.45, 7) is 0. The van der Waals surface area contributed by atoms with Crippen molar-refractivity contribution in [3.8, 4) is 6.07 Å². The van der Waals surface area contributed by atoms with Crippen LogP contribution in [0.1, 0.15) is 5.56 Å². The predicted molar refractivity (Wildman–Crippen MR) is 63.0 cm³/mol. The molecule has 17 heavy (non-hydrogen) atoms. The number of hydrogen-bond acceptors (Lipinski definition) is 4. The lowest BCUT2D eigenvalue weighted by Gasteiger charge is -2.08. The molecule has 0 radical (unpaired) electrons. The van der Waals surface area contributed by atoms with E-state index in [1.165, 1.54) is 24.4 Å². The van der Waals surface area contributed by atoms with Crippen LogP contribution in [0.5, 0.6) is 0 Å². The molecule has 2 aromatic rings. The molecule has 0 saturated carbocycles. The molecule has 0 atom stereocenters. The summed E-state index contributed by atoms with van der Waals surface area (Å²) in [5.41, 5.74) is 6.85. The molecule has 1 aromatic carbocycles. The van der Waals surface area contributed by atoms with Crippen molar-refractivity contribution in [3.63, 3.8) is 0 Å². The molecule has 3 N–H and O–H groups in total. The number of nitrogens with zero attached hydrogens (tertiary/aromatic N) is 2. The van der Waals surface area contributed by atoms with Crippen LogP contribution in [0.15, 0.2) is 36.5 Å². The van der Waals surface area contributed by atoms with Gasteiger partial charge in [-0.05, 0) is 24.3 Å². The van der Waals surface area contributed by atoms with E-state index in [9.17, 15) is 4.39 Å². The molecule has 0 fully saturated rings. The number of pyridine rings is 1. The monoisotopic (exact) mass is 228 g/mol. The lowest BCUT2D eigenvalue weighted by molar-refractivity contribution is 0.628. The van der Waals surface area contributed by atoms with Crippen LogP contribution in [0.2, 0.25) is 0 Å². The summed E-state index contributed by atoms with van der Waals surface area (Å²) in [5.74, 6) is -0.0142. The van der Waals surface area contributed by atoms with Gasteiger partial charge in [0.05, 0.1) is 11.3 Å². The van der Waals surface area contributed by atoms with Gasteiger partial charge in [-0.1, -0.05) is 6.07 Å². The molecule has 0 spiro atoms. The number of anilines is 3. The summed E-state index contributed by atoms with van der Waals surface area (Å²) in [4.78, 5) is 4.00. The molecular weight excluding hydrogens is 219 g/mol. The standard InChI is InChI=1S/C12H9FN4/c13-9-2-1-3-10(6-9)17-12-11(15)8(7-14)4-5-16-12/h1-6H,15H2,(H,16,17). The number of benzene rings is 1. The third-order valence-corrected chi connectivity index (χ3v) is 2.20. The number of halogens is 1. The second kappa shape index (κ2) is 4.49. The molecule has 0 aliphatic heterocycles. The molecular formula is C12H9FN4. The number of hydrogen-bond donors (Lipinski definition) is 2. The van der Waals surface area contributed by atoms with Gasteiger partial charge in [-0.3, -0.25) is 0 Å². The van der Waals surface area contributed by atoms with Crippen LogP contribution in [0.4, 0.5) is 21.6 Å². The quantitative estimate of drug-likeness (QED) is 0.827. The fourth-order valence-electron chi connectivity index (χ4n) is 1.37. The first-order valence-corrected chi connectivity index (χ1v) is 4.88. The second-order valence-electron chi connectivity index (χ2n) is 3.37.